The van der Waals surface area contributed by atoms with Gasteiger partial charge in [-0.05, 0) is 47.7 Å². The predicted octanol–water partition coefficient (Wildman–Crippen LogP) is 4.98. The van der Waals surface area contributed by atoms with Crippen molar-refractivity contribution in [2.75, 3.05) is 5.32 Å². The molecule has 110 valence electrons. The molecule has 1 heterocycles. The Balaban J connectivity index is 1.83. The van der Waals surface area contributed by atoms with E-state index in [9.17, 15) is 13.2 Å². The van der Waals surface area contributed by atoms with Gasteiger partial charge in [-0.2, -0.15) is 13.2 Å². The zero-order valence-corrected chi connectivity index (χ0v) is 11.7. The molecule has 2 aromatic rings. The second-order valence-electron chi connectivity index (χ2n) is 5.37. The summed E-state index contributed by atoms with van der Waals surface area (Å²) < 4.78 is 38.2. The van der Waals surface area contributed by atoms with Gasteiger partial charge in [-0.1, -0.05) is 31.2 Å². The number of halogens is 3. The van der Waals surface area contributed by atoms with Crippen LogP contribution in [0.2, 0.25) is 0 Å². The zero-order chi connectivity index (χ0) is 15.0. The fraction of sp³-hybridized carbons (Fsp3) is 0.294. The molecule has 0 saturated carbocycles. The first kappa shape index (κ1) is 14.0. The van der Waals surface area contributed by atoms with Gasteiger partial charge in [0.25, 0.3) is 0 Å². The van der Waals surface area contributed by atoms with Crippen LogP contribution in [0.4, 0.5) is 18.9 Å². The first-order valence-corrected chi connectivity index (χ1v) is 7.03. The van der Waals surface area contributed by atoms with Crippen LogP contribution in [0.15, 0.2) is 42.5 Å². The highest BCUT2D eigenvalue weighted by Crippen LogP contribution is 2.38. The van der Waals surface area contributed by atoms with Gasteiger partial charge in [0.05, 0.1) is 11.6 Å². The number of anilines is 1. The Bertz CT molecular complexity index is 644. The van der Waals surface area contributed by atoms with E-state index in [4.69, 9.17) is 0 Å². The molecular formula is C17H16F3N. The maximum absolute atomic E-state index is 12.7. The van der Waals surface area contributed by atoms with E-state index in [1.54, 1.807) is 0 Å². The summed E-state index contributed by atoms with van der Waals surface area (Å²) in [6.45, 7) is 2.09. The smallest absolute Gasteiger partial charge is 0.378 e. The van der Waals surface area contributed by atoms with Gasteiger partial charge in [0.2, 0.25) is 0 Å². The van der Waals surface area contributed by atoms with Crippen LogP contribution in [-0.4, -0.2) is 0 Å². The lowest BCUT2D eigenvalue weighted by atomic mass is 10.00. The summed E-state index contributed by atoms with van der Waals surface area (Å²) in [5.41, 5.74) is 3.32. The van der Waals surface area contributed by atoms with Gasteiger partial charge in [0, 0.05) is 5.69 Å². The van der Waals surface area contributed by atoms with Crippen molar-refractivity contribution in [3.8, 4) is 0 Å². The predicted molar refractivity (Wildman–Crippen MR) is 77.3 cm³/mol. The molecule has 0 bridgehead atoms. The molecule has 1 nitrogen and oxygen atoms in total. The highest BCUT2D eigenvalue weighted by atomic mass is 19.4. The van der Waals surface area contributed by atoms with Gasteiger partial charge in [-0.3, -0.25) is 0 Å². The van der Waals surface area contributed by atoms with E-state index >= 15 is 0 Å². The second kappa shape index (κ2) is 5.10. The lowest BCUT2D eigenvalue weighted by molar-refractivity contribution is -0.137. The molecule has 0 fully saturated rings. The molecule has 2 aromatic carbocycles. The molecule has 0 amide bonds. The SMILES string of the molecule is CCc1ccc(C2Cc3cc(C(F)(F)F)ccc3N2)cc1. The fourth-order valence-corrected chi connectivity index (χ4v) is 2.73. The average Bonchev–Trinajstić information content (AvgIpc) is 2.89. The van der Waals surface area contributed by atoms with Crippen molar-refractivity contribution in [2.45, 2.75) is 32.0 Å². The number of alkyl halides is 3. The van der Waals surface area contributed by atoms with Crippen molar-refractivity contribution >= 4 is 5.69 Å². The van der Waals surface area contributed by atoms with E-state index in [0.29, 0.717) is 6.42 Å². The minimum absolute atomic E-state index is 0.0504. The van der Waals surface area contributed by atoms with Crippen LogP contribution < -0.4 is 5.32 Å². The minimum atomic E-state index is -4.28. The maximum atomic E-state index is 12.7. The summed E-state index contributed by atoms with van der Waals surface area (Å²) in [4.78, 5) is 0. The number of rotatable bonds is 2. The Labute approximate surface area is 121 Å². The van der Waals surface area contributed by atoms with Gasteiger partial charge < -0.3 is 5.32 Å². The second-order valence-corrected chi connectivity index (χ2v) is 5.37. The lowest BCUT2D eigenvalue weighted by Gasteiger charge is -2.12. The summed E-state index contributed by atoms with van der Waals surface area (Å²) in [7, 11) is 0. The third kappa shape index (κ3) is 2.75. The number of hydrogen-bond donors (Lipinski definition) is 1. The molecule has 0 spiro atoms. The molecule has 1 aliphatic heterocycles. The molecular weight excluding hydrogens is 275 g/mol. The minimum Gasteiger partial charge on any atom is -0.378 e. The standard InChI is InChI=1S/C17H16F3N/c1-2-11-3-5-12(6-4-11)16-10-13-9-14(17(18,19)20)7-8-15(13)21-16/h3-9,16,21H,2,10H2,1H3. The summed E-state index contributed by atoms with van der Waals surface area (Å²) in [6, 6.07) is 12.2. The number of hydrogen-bond acceptors (Lipinski definition) is 1. The Kier molecular flexibility index (Phi) is 3.40. The molecule has 1 aliphatic rings. The highest BCUT2D eigenvalue weighted by Gasteiger charge is 2.32. The monoisotopic (exact) mass is 291 g/mol. The first-order valence-electron chi connectivity index (χ1n) is 7.03. The summed E-state index contributed by atoms with van der Waals surface area (Å²) in [5.74, 6) is 0. The van der Waals surface area contributed by atoms with Crippen molar-refractivity contribution in [3.63, 3.8) is 0 Å². The molecule has 4 heteroatoms. The van der Waals surface area contributed by atoms with Crippen molar-refractivity contribution in [1.29, 1.82) is 0 Å². The van der Waals surface area contributed by atoms with Gasteiger partial charge in [0.1, 0.15) is 0 Å². The van der Waals surface area contributed by atoms with Crippen LogP contribution in [-0.2, 0) is 19.0 Å². The van der Waals surface area contributed by atoms with Crippen LogP contribution in [0.3, 0.4) is 0 Å². The maximum Gasteiger partial charge on any atom is 0.416 e. The summed E-state index contributed by atoms with van der Waals surface area (Å²) >= 11 is 0. The molecule has 1 N–H and O–H groups in total. The van der Waals surface area contributed by atoms with Crippen molar-refractivity contribution in [1.82, 2.24) is 0 Å². The molecule has 0 aromatic heterocycles. The first-order chi connectivity index (χ1) is 9.97. The number of fused-ring (bicyclic) bond motifs is 1. The number of nitrogens with one attached hydrogen (secondary N) is 1. The van der Waals surface area contributed by atoms with E-state index < -0.39 is 11.7 Å². The van der Waals surface area contributed by atoms with Gasteiger partial charge in [0.15, 0.2) is 0 Å². The third-order valence-electron chi connectivity index (χ3n) is 3.98. The van der Waals surface area contributed by atoms with Crippen molar-refractivity contribution < 1.29 is 13.2 Å². The quantitative estimate of drug-likeness (QED) is 0.823. The van der Waals surface area contributed by atoms with Crippen molar-refractivity contribution in [3.05, 3.63) is 64.7 Å². The molecule has 3 rings (SSSR count). The van der Waals surface area contributed by atoms with Crippen LogP contribution in [0.25, 0.3) is 0 Å². The van der Waals surface area contributed by atoms with Crippen LogP contribution >= 0.6 is 0 Å². The largest absolute Gasteiger partial charge is 0.416 e. The van der Waals surface area contributed by atoms with Gasteiger partial charge >= 0.3 is 6.18 Å². The number of aryl methyl sites for hydroxylation is 1. The zero-order valence-electron chi connectivity index (χ0n) is 11.7. The average molecular weight is 291 g/mol. The van der Waals surface area contributed by atoms with Gasteiger partial charge in [-0.25, -0.2) is 0 Å². The Morgan fingerprint density at radius 2 is 1.81 bits per heavy atom. The van der Waals surface area contributed by atoms with E-state index in [1.165, 1.54) is 17.7 Å². The van der Waals surface area contributed by atoms with E-state index in [0.717, 1.165) is 29.3 Å². The molecule has 0 radical (unpaired) electrons. The summed E-state index contributed by atoms with van der Waals surface area (Å²) in [6.07, 6.45) is -2.71. The molecule has 0 aliphatic carbocycles. The molecule has 1 unspecified atom stereocenters. The normalized spacial score (nSPS) is 17.4. The summed E-state index contributed by atoms with van der Waals surface area (Å²) in [5, 5.41) is 3.30. The topological polar surface area (TPSA) is 12.0 Å². The van der Waals surface area contributed by atoms with Gasteiger partial charge in [-0.15, -0.1) is 0 Å². The van der Waals surface area contributed by atoms with E-state index in [-0.39, 0.29) is 6.04 Å². The van der Waals surface area contributed by atoms with E-state index in [2.05, 4.69) is 24.4 Å². The molecule has 0 saturated heterocycles. The Morgan fingerprint density at radius 1 is 1.10 bits per heavy atom. The van der Waals surface area contributed by atoms with Crippen LogP contribution in [0, 0.1) is 0 Å². The van der Waals surface area contributed by atoms with Crippen LogP contribution in [0.1, 0.15) is 35.2 Å². The Hall–Kier alpha value is -1.97. The van der Waals surface area contributed by atoms with Crippen molar-refractivity contribution in [2.24, 2.45) is 0 Å². The molecule has 21 heavy (non-hydrogen) atoms. The highest BCUT2D eigenvalue weighted by molar-refractivity contribution is 5.59. The Morgan fingerprint density at radius 3 is 2.43 bits per heavy atom. The molecule has 1 atom stereocenters. The number of benzene rings is 2. The lowest BCUT2D eigenvalue weighted by Crippen LogP contribution is -2.05. The van der Waals surface area contributed by atoms with E-state index in [1.807, 2.05) is 12.1 Å². The third-order valence-corrected chi connectivity index (χ3v) is 3.98. The van der Waals surface area contributed by atoms with Crippen LogP contribution in [0.5, 0.6) is 0 Å². The fourth-order valence-electron chi connectivity index (χ4n) is 2.73.